The van der Waals surface area contributed by atoms with Crippen LogP contribution in [0.2, 0.25) is 0 Å². The van der Waals surface area contributed by atoms with Crippen molar-refractivity contribution in [1.29, 1.82) is 0 Å². The van der Waals surface area contributed by atoms with Crippen LogP contribution in [-0.4, -0.2) is 31.3 Å². The van der Waals surface area contributed by atoms with E-state index in [0.29, 0.717) is 0 Å². The van der Waals surface area contributed by atoms with Crippen LogP contribution in [0.3, 0.4) is 0 Å². The first-order chi connectivity index (χ1) is 4.45. The first-order valence-electron chi connectivity index (χ1n) is 2.59. The van der Waals surface area contributed by atoms with E-state index in [2.05, 4.69) is 0 Å². The Labute approximate surface area is 58.8 Å². The average molecular weight is 168 g/mol. The third kappa shape index (κ3) is 1.64. The summed E-state index contributed by atoms with van der Waals surface area (Å²) in [6.07, 6.45) is -0.221. The van der Waals surface area contributed by atoms with Gasteiger partial charge in [-0.05, 0) is 6.42 Å². The maximum absolute atomic E-state index is 10.1. The van der Waals surface area contributed by atoms with Crippen molar-refractivity contribution in [2.45, 2.75) is 18.7 Å². The molecule has 0 rings (SSSR count). The van der Waals surface area contributed by atoms with E-state index in [-0.39, 0.29) is 6.42 Å². The maximum Gasteiger partial charge on any atom is 0.345 e. The first-order valence-corrected chi connectivity index (χ1v) is 3.83. The number of hydrogen-bond donors (Lipinski definition) is 4. The summed E-state index contributed by atoms with van der Waals surface area (Å²) >= 11 is 0. The van der Waals surface area contributed by atoms with Crippen molar-refractivity contribution in [3.8, 4) is 0 Å². The molecule has 5 nitrogen and oxygen atoms in total. The van der Waals surface area contributed by atoms with Crippen LogP contribution < -0.4 is 0 Å². The predicted octanol–water partition coefficient (Wildman–Crippen LogP) is -0.534. The maximum atomic E-state index is 10.1. The van der Waals surface area contributed by atoms with Crippen molar-refractivity contribution >= 4 is 14.3 Å². The minimum absolute atomic E-state index is 0.221. The SMILES string of the molecule is CCC(O)(C(=O)O)P(O)O. The molecular formula is C4H9O5P. The standard InChI is InChI=1S/C4H9O5P/c1-2-4(7,3(5)6)10(8)9/h7-9H,2H2,1H3,(H,5,6). The molecule has 1 atom stereocenters. The van der Waals surface area contributed by atoms with Gasteiger partial charge in [-0.1, -0.05) is 6.92 Å². The number of carbonyl (C=O) groups is 1. The number of aliphatic hydroxyl groups is 1. The Kier molecular flexibility index (Phi) is 3.18. The fourth-order valence-corrected chi connectivity index (χ4v) is 0.832. The molecule has 4 N–H and O–H groups in total. The van der Waals surface area contributed by atoms with Gasteiger partial charge < -0.3 is 20.0 Å². The molecule has 10 heavy (non-hydrogen) atoms. The second kappa shape index (κ2) is 3.25. The molecular weight excluding hydrogens is 159 g/mol. The molecule has 0 radical (unpaired) electrons. The van der Waals surface area contributed by atoms with Crippen LogP contribution in [0.15, 0.2) is 0 Å². The zero-order chi connectivity index (χ0) is 8.36. The lowest BCUT2D eigenvalue weighted by atomic mass is 10.3. The summed E-state index contributed by atoms with van der Waals surface area (Å²) in [5, 5.41) is 14.8. The Morgan fingerprint density at radius 1 is 1.60 bits per heavy atom. The van der Waals surface area contributed by atoms with Crippen molar-refractivity contribution in [2.24, 2.45) is 0 Å². The highest BCUT2D eigenvalue weighted by molar-refractivity contribution is 7.48. The smallest absolute Gasteiger partial charge is 0.345 e. The molecule has 0 aromatic heterocycles. The molecule has 0 amide bonds. The Hall–Kier alpha value is -0.220. The molecule has 1 unspecified atom stereocenters. The monoisotopic (exact) mass is 168 g/mol. The quantitative estimate of drug-likeness (QED) is 0.424. The predicted molar refractivity (Wildman–Crippen MR) is 34.2 cm³/mol. The van der Waals surface area contributed by atoms with Crippen LogP contribution in [0, 0.1) is 0 Å². The second-order valence-corrected chi connectivity index (χ2v) is 3.08. The summed E-state index contributed by atoms with van der Waals surface area (Å²) in [6.45, 7) is 1.36. The first kappa shape index (κ1) is 9.78. The van der Waals surface area contributed by atoms with Crippen LogP contribution in [0.25, 0.3) is 0 Å². The van der Waals surface area contributed by atoms with Crippen LogP contribution >= 0.6 is 8.38 Å². The Morgan fingerprint density at radius 2 is 2.00 bits per heavy atom. The molecule has 0 fully saturated rings. The minimum atomic E-state index is -2.83. The molecule has 0 spiro atoms. The molecule has 60 valence electrons. The summed E-state index contributed by atoms with van der Waals surface area (Å²) in [5.74, 6) is -1.61. The van der Waals surface area contributed by atoms with Gasteiger partial charge in [-0.15, -0.1) is 0 Å². The summed E-state index contributed by atoms with van der Waals surface area (Å²) in [5.41, 5.74) is 0. The topological polar surface area (TPSA) is 98.0 Å². The van der Waals surface area contributed by atoms with E-state index in [0.717, 1.165) is 0 Å². The van der Waals surface area contributed by atoms with Crippen molar-refractivity contribution in [2.75, 3.05) is 0 Å². The number of carboxylic acid groups (broad SMARTS) is 1. The average Bonchev–Trinajstić information content (AvgIpc) is 1.85. The molecule has 6 heteroatoms. The van der Waals surface area contributed by atoms with Gasteiger partial charge in [0.2, 0.25) is 13.7 Å². The van der Waals surface area contributed by atoms with Gasteiger partial charge in [0.05, 0.1) is 0 Å². The van der Waals surface area contributed by atoms with Crippen molar-refractivity contribution in [3.05, 3.63) is 0 Å². The Bertz CT molecular complexity index is 136. The number of carboxylic acids is 1. The lowest BCUT2D eigenvalue weighted by Crippen LogP contribution is -2.35. The van der Waals surface area contributed by atoms with Crippen LogP contribution in [0.4, 0.5) is 0 Å². The summed E-state index contributed by atoms with van der Waals surface area (Å²) in [7, 11) is -2.83. The van der Waals surface area contributed by atoms with Gasteiger partial charge in [0.15, 0.2) is 0 Å². The minimum Gasteiger partial charge on any atom is -0.479 e. The second-order valence-electron chi connectivity index (χ2n) is 1.76. The van der Waals surface area contributed by atoms with Crippen molar-refractivity contribution in [1.82, 2.24) is 0 Å². The van der Waals surface area contributed by atoms with Crippen molar-refractivity contribution in [3.63, 3.8) is 0 Å². The van der Waals surface area contributed by atoms with Gasteiger partial charge in [-0.2, -0.15) is 0 Å². The highest BCUT2D eigenvalue weighted by atomic mass is 31.2. The summed E-state index contributed by atoms with van der Waals surface area (Å²) < 4.78 is 0. The number of rotatable bonds is 3. The lowest BCUT2D eigenvalue weighted by molar-refractivity contribution is -0.151. The molecule has 0 saturated carbocycles. The Balaban J connectivity index is 4.38. The summed E-state index contributed by atoms with van der Waals surface area (Å²) in [4.78, 5) is 27.0. The van der Waals surface area contributed by atoms with E-state index in [1.54, 1.807) is 0 Å². The third-order valence-corrected chi connectivity index (χ3v) is 2.34. The molecule has 0 saturated heterocycles. The van der Waals surface area contributed by atoms with Gasteiger partial charge in [-0.3, -0.25) is 0 Å². The number of aliphatic carboxylic acids is 1. The number of hydrogen-bond acceptors (Lipinski definition) is 4. The molecule has 0 aliphatic heterocycles. The highest BCUT2D eigenvalue weighted by Gasteiger charge is 2.42. The van der Waals surface area contributed by atoms with E-state index in [1.165, 1.54) is 6.92 Å². The van der Waals surface area contributed by atoms with Gasteiger partial charge in [0.25, 0.3) is 0 Å². The molecule has 0 bridgehead atoms. The fraction of sp³-hybridized carbons (Fsp3) is 0.750. The summed E-state index contributed by atoms with van der Waals surface area (Å²) in [6, 6.07) is 0. The highest BCUT2D eigenvalue weighted by Crippen LogP contribution is 2.42. The van der Waals surface area contributed by atoms with Crippen LogP contribution in [0.1, 0.15) is 13.3 Å². The van der Waals surface area contributed by atoms with Gasteiger partial charge in [0.1, 0.15) is 0 Å². The molecule has 0 aliphatic rings. The van der Waals surface area contributed by atoms with Crippen LogP contribution in [-0.2, 0) is 4.79 Å². The third-order valence-electron chi connectivity index (χ3n) is 1.17. The molecule has 0 aromatic carbocycles. The molecule has 0 heterocycles. The van der Waals surface area contributed by atoms with E-state index < -0.39 is 19.7 Å². The van der Waals surface area contributed by atoms with Crippen molar-refractivity contribution < 1.29 is 24.8 Å². The Morgan fingerprint density at radius 3 is 2.00 bits per heavy atom. The van der Waals surface area contributed by atoms with Gasteiger partial charge in [0, 0.05) is 0 Å². The van der Waals surface area contributed by atoms with E-state index in [1.807, 2.05) is 0 Å². The van der Waals surface area contributed by atoms with E-state index in [9.17, 15) is 4.79 Å². The van der Waals surface area contributed by atoms with E-state index >= 15 is 0 Å². The zero-order valence-corrected chi connectivity index (χ0v) is 6.25. The van der Waals surface area contributed by atoms with Gasteiger partial charge in [-0.25, -0.2) is 4.79 Å². The largest absolute Gasteiger partial charge is 0.479 e. The molecule has 0 aromatic rings. The van der Waals surface area contributed by atoms with Gasteiger partial charge >= 0.3 is 5.97 Å². The lowest BCUT2D eigenvalue weighted by Gasteiger charge is -2.21. The molecule has 0 aliphatic carbocycles. The van der Waals surface area contributed by atoms with E-state index in [4.69, 9.17) is 20.0 Å². The zero-order valence-electron chi connectivity index (χ0n) is 5.35. The van der Waals surface area contributed by atoms with Crippen LogP contribution in [0.5, 0.6) is 0 Å². The fourth-order valence-electron chi connectivity index (χ4n) is 0.378. The normalized spacial score (nSPS) is 16.9.